The molecule has 2 N–H and O–H groups in total. The first-order chi connectivity index (χ1) is 13.9. The van der Waals surface area contributed by atoms with Crippen LogP contribution in [0.2, 0.25) is 0 Å². The molecule has 0 saturated heterocycles. The minimum atomic E-state index is -0.170. The largest absolute Gasteiger partial charge is 0.363 e. The van der Waals surface area contributed by atoms with Crippen molar-refractivity contribution >= 4 is 35.0 Å². The van der Waals surface area contributed by atoms with Gasteiger partial charge in [-0.15, -0.1) is 0 Å². The van der Waals surface area contributed by atoms with E-state index in [9.17, 15) is 4.79 Å². The van der Waals surface area contributed by atoms with Gasteiger partial charge in [0.15, 0.2) is 0 Å². The summed E-state index contributed by atoms with van der Waals surface area (Å²) in [6, 6.07) is 17.3. The van der Waals surface area contributed by atoms with Crippen LogP contribution in [0.4, 0.5) is 23.0 Å². The van der Waals surface area contributed by atoms with Gasteiger partial charge < -0.3 is 15.5 Å². The van der Waals surface area contributed by atoms with Crippen LogP contribution in [0.25, 0.3) is 6.08 Å². The summed E-state index contributed by atoms with van der Waals surface area (Å²) in [7, 11) is 3.88. The van der Waals surface area contributed by atoms with E-state index in [-0.39, 0.29) is 5.91 Å². The first kappa shape index (κ1) is 20.1. The van der Waals surface area contributed by atoms with E-state index in [1.165, 1.54) is 0 Å². The van der Waals surface area contributed by atoms with Gasteiger partial charge in [-0.05, 0) is 55.3 Å². The van der Waals surface area contributed by atoms with E-state index in [1.54, 1.807) is 6.08 Å². The van der Waals surface area contributed by atoms with E-state index in [0.29, 0.717) is 5.82 Å². The van der Waals surface area contributed by atoms with Crippen molar-refractivity contribution in [3.05, 3.63) is 77.6 Å². The molecule has 3 aromatic rings. The summed E-state index contributed by atoms with van der Waals surface area (Å²) in [6.07, 6.45) is 3.36. The average Bonchev–Trinajstić information content (AvgIpc) is 2.68. The zero-order chi connectivity index (χ0) is 20.8. The summed E-state index contributed by atoms with van der Waals surface area (Å²) in [4.78, 5) is 22.9. The quantitative estimate of drug-likeness (QED) is 0.607. The lowest BCUT2D eigenvalue weighted by Crippen LogP contribution is -2.12. The van der Waals surface area contributed by atoms with Crippen LogP contribution in [0.5, 0.6) is 0 Å². The normalized spacial score (nSPS) is 10.8. The first-order valence-electron chi connectivity index (χ1n) is 9.35. The molecule has 6 heteroatoms. The second-order valence-corrected chi connectivity index (χ2v) is 6.93. The van der Waals surface area contributed by atoms with Crippen molar-refractivity contribution in [1.29, 1.82) is 0 Å². The highest BCUT2D eigenvalue weighted by atomic mass is 16.1. The first-order valence-corrected chi connectivity index (χ1v) is 9.35. The van der Waals surface area contributed by atoms with Gasteiger partial charge in [0.2, 0.25) is 5.91 Å². The van der Waals surface area contributed by atoms with Crippen LogP contribution in [0.3, 0.4) is 0 Å². The summed E-state index contributed by atoms with van der Waals surface area (Å²) in [5.41, 5.74) is 3.76. The Balaban J connectivity index is 1.63. The van der Waals surface area contributed by atoms with E-state index in [1.807, 2.05) is 93.5 Å². The summed E-state index contributed by atoms with van der Waals surface area (Å²) < 4.78 is 0. The van der Waals surface area contributed by atoms with Gasteiger partial charge in [0.1, 0.15) is 17.5 Å². The van der Waals surface area contributed by atoms with Gasteiger partial charge >= 0.3 is 0 Å². The molecular weight excluding hydrogens is 362 g/mol. The third-order valence-corrected chi connectivity index (χ3v) is 4.31. The number of nitrogens with zero attached hydrogens (tertiary/aromatic N) is 3. The second-order valence-electron chi connectivity index (χ2n) is 6.93. The second kappa shape index (κ2) is 9.01. The van der Waals surface area contributed by atoms with Gasteiger partial charge in [-0.25, -0.2) is 9.97 Å². The van der Waals surface area contributed by atoms with E-state index < -0.39 is 0 Å². The summed E-state index contributed by atoms with van der Waals surface area (Å²) in [5, 5.41) is 6.14. The smallest absolute Gasteiger partial charge is 0.248 e. The van der Waals surface area contributed by atoms with Crippen molar-refractivity contribution in [2.45, 2.75) is 13.8 Å². The van der Waals surface area contributed by atoms with Crippen molar-refractivity contribution in [3.63, 3.8) is 0 Å². The number of carbonyl (C=O) groups excluding carboxylic acids is 1. The standard InChI is InChI=1S/C23H25N5O/c1-16-7-5-6-8-18(16)9-14-23(29)27-20-12-10-19(11-13-20)26-21-15-22(28(3)4)25-17(2)24-21/h5-15H,1-4H3,(H,27,29)(H,24,25,26)/b14-9+. The Kier molecular flexibility index (Phi) is 6.24. The predicted molar refractivity (Wildman–Crippen MR) is 120 cm³/mol. The molecule has 1 aromatic heterocycles. The fraction of sp³-hybridized carbons (Fsp3) is 0.174. The number of aromatic nitrogens is 2. The van der Waals surface area contributed by atoms with Crippen LogP contribution in [-0.4, -0.2) is 30.0 Å². The van der Waals surface area contributed by atoms with Gasteiger partial charge in [0.05, 0.1) is 0 Å². The monoisotopic (exact) mass is 387 g/mol. The molecule has 0 radical (unpaired) electrons. The summed E-state index contributed by atoms with van der Waals surface area (Å²) in [5.74, 6) is 2.09. The minimum Gasteiger partial charge on any atom is -0.363 e. The zero-order valence-corrected chi connectivity index (χ0v) is 17.1. The van der Waals surface area contributed by atoms with Crippen molar-refractivity contribution in [2.75, 3.05) is 29.6 Å². The van der Waals surface area contributed by atoms with E-state index in [2.05, 4.69) is 20.6 Å². The molecule has 0 unspecified atom stereocenters. The molecule has 0 aliphatic carbocycles. The Labute approximate surface area is 171 Å². The average molecular weight is 387 g/mol. The number of aryl methyl sites for hydroxylation is 2. The van der Waals surface area contributed by atoms with Crippen molar-refractivity contribution in [2.24, 2.45) is 0 Å². The molecule has 0 fully saturated rings. The number of anilines is 4. The highest BCUT2D eigenvalue weighted by Gasteiger charge is 2.05. The number of amides is 1. The van der Waals surface area contributed by atoms with Crippen molar-refractivity contribution in [3.8, 4) is 0 Å². The lowest BCUT2D eigenvalue weighted by atomic mass is 10.1. The van der Waals surface area contributed by atoms with Gasteiger partial charge in [0, 0.05) is 37.6 Å². The number of nitrogens with one attached hydrogen (secondary N) is 2. The summed E-state index contributed by atoms with van der Waals surface area (Å²) in [6.45, 7) is 3.88. The van der Waals surface area contributed by atoms with Crippen molar-refractivity contribution in [1.82, 2.24) is 9.97 Å². The predicted octanol–water partition coefficient (Wildman–Crippen LogP) is 4.55. The SMILES string of the molecule is Cc1nc(Nc2ccc(NC(=O)/C=C/c3ccccc3C)cc2)cc(N(C)C)n1. The molecular formula is C23H25N5O. The number of carbonyl (C=O) groups is 1. The van der Waals surface area contributed by atoms with E-state index >= 15 is 0 Å². The highest BCUT2D eigenvalue weighted by Crippen LogP contribution is 2.20. The molecule has 6 nitrogen and oxygen atoms in total. The molecule has 0 spiro atoms. The van der Waals surface area contributed by atoms with E-state index in [4.69, 9.17) is 0 Å². The molecule has 1 heterocycles. The molecule has 29 heavy (non-hydrogen) atoms. The molecule has 0 aliphatic heterocycles. The maximum atomic E-state index is 12.2. The topological polar surface area (TPSA) is 70.2 Å². The van der Waals surface area contributed by atoms with Gasteiger partial charge in [-0.1, -0.05) is 24.3 Å². The number of hydrogen-bond donors (Lipinski definition) is 2. The Morgan fingerprint density at radius 3 is 2.34 bits per heavy atom. The zero-order valence-electron chi connectivity index (χ0n) is 17.1. The maximum Gasteiger partial charge on any atom is 0.248 e. The number of hydrogen-bond acceptors (Lipinski definition) is 5. The van der Waals surface area contributed by atoms with Crippen LogP contribution in [0.1, 0.15) is 17.0 Å². The van der Waals surface area contributed by atoms with Crippen LogP contribution in [-0.2, 0) is 4.79 Å². The van der Waals surface area contributed by atoms with Gasteiger partial charge in [0.25, 0.3) is 0 Å². The minimum absolute atomic E-state index is 0.170. The van der Waals surface area contributed by atoms with Crippen LogP contribution >= 0.6 is 0 Å². The molecule has 0 aliphatic rings. The Morgan fingerprint density at radius 1 is 0.966 bits per heavy atom. The molecule has 0 atom stereocenters. The fourth-order valence-electron chi connectivity index (χ4n) is 2.75. The molecule has 1 amide bonds. The Morgan fingerprint density at radius 2 is 1.66 bits per heavy atom. The third kappa shape index (κ3) is 5.65. The molecule has 0 bridgehead atoms. The Hall–Kier alpha value is -3.67. The highest BCUT2D eigenvalue weighted by molar-refractivity contribution is 6.02. The lowest BCUT2D eigenvalue weighted by Gasteiger charge is -2.14. The molecule has 0 saturated carbocycles. The third-order valence-electron chi connectivity index (χ3n) is 4.31. The molecule has 3 rings (SSSR count). The lowest BCUT2D eigenvalue weighted by molar-refractivity contribution is -0.111. The summed E-state index contributed by atoms with van der Waals surface area (Å²) >= 11 is 0. The van der Waals surface area contributed by atoms with Gasteiger partial charge in [-0.2, -0.15) is 0 Å². The van der Waals surface area contributed by atoms with Crippen LogP contribution in [0.15, 0.2) is 60.7 Å². The number of rotatable bonds is 6. The molecule has 2 aromatic carbocycles. The van der Waals surface area contributed by atoms with Crippen LogP contribution < -0.4 is 15.5 Å². The van der Waals surface area contributed by atoms with Gasteiger partial charge in [-0.3, -0.25) is 4.79 Å². The molecule has 148 valence electrons. The number of benzene rings is 2. The maximum absolute atomic E-state index is 12.2. The Bertz CT molecular complexity index is 1030. The van der Waals surface area contributed by atoms with E-state index in [0.717, 1.165) is 34.1 Å². The fourth-order valence-corrected chi connectivity index (χ4v) is 2.75. The van der Waals surface area contributed by atoms with Crippen LogP contribution in [0, 0.1) is 13.8 Å². The van der Waals surface area contributed by atoms with Crippen molar-refractivity contribution < 1.29 is 4.79 Å².